The van der Waals surface area contributed by atoms with Gasteiger partial charge in [0, 0.05) is 12.2 Å². The van der Waals surface area contributed by atoms with Gasteiger partial charge in [0.2, 0.25) is 0 Å². The quantitative estimate of drug-likeness (QED) is 0.749. The zero-order valence-electron chi connectivity index (χ0n) is 9.26. The molecule has 0 aromatic carbocycles. The minimum Gasteiger partial charge on any atom is -0.303 e. The van der Waals surface area contributed by atoms with E-state index in [1.165, 1.54) is 19.4 Å². The number of nitrogens with zero attached hydrogens (tertiary/aromatic N) is 2. The number of aromatic nitrogens is 1. The molecule has 2 heterocycles. The topological polar surface area (TPSA) is 16.1 Å². The number of rotatable bonds is 3. The lowest BCUT2D eigenvalue weighted by Gasteiger charge is -2.16. The van der Waals surface area contributed by atoms with Crippen molar-refractivity contribution in [2.75, 3.05) is 13.6 Å². The van der Waals surface area contributed by atoms with Gasteiger partial charge >= 0.3 is 0 Å². The highest BCUT2D eigenvalue weighted by atomic mass is 15.1. The third kappa shape index (κ3) is 2.90. The third-order valence-corrected chi connectivity index (χ3v) is 3.06. The number of pyridine rings is 1. The Morgan fingerprint density at radius 1 is 1.53 bits per heavy atom. The second kappa shape index (κ2) is 5.08. The Labute approximate surface area is 91.6 Å². The minimum absolute atomic E-state index is 0.741. The van der Waals surface area contributed by atoms with Gasteiger partial charge in [-0.25, -0.2) is 0 Å². The van der Waals surface area contributed by atoms with Crippen LogP contribution in [0.1, 0.15) is 25.0 Å². The van der Waals surface area contributed by atoms with E-state index in [2.05, 4.69) is 29.1 Å². The maximum atomic E-state index is 4.26. The second-order valence-corrected chi connectivity index (χ2v) is 4.17. The summed E-state index contributed by atoms with van der Waals surface area (Å²) in [6.45, 7) is 1.25. The molecule has 80 valence electrons. The Morgan fingerprint density at radius 3 is 3.13 bits per heavy atom. The van der Waals surface area contributed by atoms with Crippen LogP contribution in [0.5, 0.6) is 0 Å². The third-order valence-electron chi connectivity index (χ3n) is 3.06. The lowest BCUT2D eigenvalue weighted by molar-refractivity contribution is 0.313. The van der Waals surface area contributed by atoms with Crippen LogP contribution in [-0.4, -0.2) is 29.5 Å². The van der Waals surface area contributed by atoms with E-state index in [9.17, 15) is 0 Å². The molecule has 0 spiro atoms. The second-order valence-electron chi connectivity index (χ2n) is 4.17. The molecule has 2 rings (SSSR count). The van der Waals surface area contributed by atoms with Crippen molar-refractivity contribution < 1.29 is 0 Å². The highest BCUT2D eigenvalue weighted by Crippen LogP contribution is 2.18. The van der Waals surface area contributed by atoms with Gasteiger partial charge in [-0.3, -0.25) is 4.98 Å². The van der Waals surface area contributed by atoms with Crippen molar-refractivity contribution in [3.63, 3.8) is 0 Å². The molecule has 1 atom stereocenters. The maximum absolute atomic E-state index is 4.26. The van der Waals surface area contributed by atoms with Crippen molar-refractivity contribution in [1.29, 1.82) is 0 Å². The molecular formula is C13H18N2. The maximum Gasteiger partial charge on any atom is 0.0626 e. The highest BCUT2D eigenvalue weighted by Gasteiger charge is 2.18. The van der Waals surface area contributed by atoms with Crippen molar-refractivity contribution in [3.8, 4) is 0 Å². The monoisotopic (exact) mass is 202 g/mol. The summed E-state index contributed by atoms with van der Waals surface area (Å²) in [5, 5.41) is 0. The summed E-state index contributed by atoms with van der Waals surface area (Å²) in [5.74, 6) is 0. The lowest BCUT2D eigenvalue weighted by atomic mass is 10.1. The van der Waals surface area contributed by atoms with E-state index in [0.717, 1.165) is 18.2 Å². The standard InChI is InChI=1S/C13H18N2/c1-15-11-5-9-13(15)8-4-7-12-6-2-3-10-14-12/h2-4,6-7,10,13H,5,8-9,11H2,1H3/b7-4+. The molecule has 0 bridgehead atoms. The number of hydrogen-bond donors (Lipinski definition) is 0. The van der Waals surface area contributed by atoms with Gasteiger partial charge in [-0.1, -0.05) is 12.1 Å². The molecule has 0 N–H and O–H groups in total. The Balaban J connectivity index is 1.85. The molecule has 15 heavy (non-hydrogen) atoms. The molecule has 0 saturated carbocycles. The first-order valence-electron chi connectivity index (χ1n) is 5.64. The zero-order chi connectivity index (χ0) is 10.5. The van der Waals surface area contributed by atoms with Gasteiger partial charge in [0.15, 0.2) is 0 Å². The summed E-state index contributed by atoms with van der Waals surface area (Å²) in [4.78, 5) is 6.71. The number of hydrogen-bond acceptors (Lipinski definition) is 2. The van der Waals surface area contributed by atoms with Gasteiger partial charge in [-0.2, -0.15) is 0 Å². The van der Waals surface area contributed by atoms with Gasteiger partial charge in [-0.15, -0.1) is 0 Å². The molecule has 0 aliphatic carbocycles. The molecular weight excluding hydrogens is 184 g/mol. The summed E-state index contributed by atoms with van der Waals surface area (Å²) in [6.07, 6.45) is 10.0. The van der Waals surface area contributed by atoms with Crippen LogP contribution in [0.2, 0.25) is 0 Å². The van der Waals surface area contributed by atoms with Gasteiger partial charge in [-0.05, 0) is 51.1 Å². The van der Waals surface area contributed by atoms with Crippen LogP contribution in [0, 0.1) is 0 Å². The van der Waals surface area contributed by atoms with Crippen molar-refractivity contribution >= 4 is 6.08 Å². The van der Waals surface area contributed by atoms with Crippen LogP contribution in [0.4, 0.5) is 0 Å². The van der Waals surface area contributed by atoms with Gasteiger partial charge < -0.3 is 4.90 Å². The highest BCUT2D eigenvalue weighted by molar-refractivity contribution is 5.43. The van der Waals surface area contributed by atoms with Crippen LogP contribution in [0.25, 0.3) is 6.08 Å². The average Bonchev–Trinajstić information content (AvgIpc) is 2.66. The van der Waals surface area contributed by atoms with Crippen molar-refractivity contribution in [2.24, 2.45) is 0 Å². The SMILES string of the molecule is CN1CCCC1C/C=C/c1ccccn1. The van der Waals surface area contributed by atoms with Crippen LogP contribution >= 0.6 is 0 Å². The molecule has 1 unspecified atom stereocenters. The van der Waals surface area contributed by atoms with Crippen molar-refractivity contribution in [3.05, 3.63) is 36.2 Å². The number of likely N-dealkylation sites (tertiary alicyclic amines) is 1. The van der Waals surface area contributed by atoms with Gasteiger partial charge in [0.1, 0.15) is 0 Å². The molecule has 1 aliphatic heterocycles. The molecule has 1 aromatic heterocycles. The first-order valence-corrected chi connectivity index (χ1v) is 5.64. The summed E-state index contributed by atoms with van der Waals surface area (Å²) in [5.41, 5.74) is 1.05. The molecule has 2 nitrogen and oxygen atoms in total. The smallest absolute Gasteiger partial charge is 0.0626 e. The fraction of sp³-hybridized carbons (Fsp3) is 0.462. The van der Waals surface area contributed by atoms with Crippen LogP contribution in [-0.2, 0) is 0 Å². The van der Waals surface area contributed by atoms with Crippen molar-refractivity contribution in [2.45, 2.75) is 25.3 Å². The predicted molar refractivity (Wildman–Crippen MR) is 63.5 cm³/mol. The van der Waals surface area contributed by atoms with E-state index in [1.807, 2.05) is 24.4 Å². The van der Waals surface area contributed by atoms with Crippen LogP contribution < -0.4 is 0 Å². The van der Waals surface area contributed by atoms with Gasteiger partial charge in [0.05, 0.1) is 5.69 Å². The molecule has 1 fully saturated rings. The molecule has 0 amide bonds. The molecule has 1 saturated heterocycles. The molecule has 1 aromatic rings. The average molecular weight is 202 g/mol. The molecule has 1 aliphatic rings. The van der Waals surface area contributed by atoms with E-state index < -0.39 is 0 Å². The largest absolute Gasteiger partial charge is 0.303 e. The minimum atomic E-state index is 0.741. The van der Waals surface area contributed by atoms with E-state index in [4.69, 9.17) is 0 Å². The van der Waals surface area contributed by atoms with Crippen LogP contribution in [0.15, 0.2) is 30.5 Å². The fourth-order valence-corrected chi connectivity index (χ4v) is 2.10. The summed E-state index contributed by atoms with van der Waals surface area (Å²) >= 11 is 0. The van der Waals surface area contributed by atoms with E-state index in [-0.39, 0.29) is 0 Å². The van der Waals surface area contributed by atoms with E-state index >= 15 is 0 Å². The molecule has 0 radical (unpaired) electrons. The summed E-state index contributed by atoms with van der Waals surface area (Å²) < 4.78 is 0. The Hall–Kier alpha value is -1.15. The Bertz CT molecular complexity index is 319. The van der Waals surface area contributed by atoms with Crippen LogP contribution in [0.3, 0.4) is 0 Å². The predicted octanol–water partition coefficient (Wildman–Crippen LogP) is 2.58. The fourth-order valence-electron chi connectivity index (χ4n) is 2.10. The molecule has 2 heteroatoms. The van der Waals surface area contributed by atoms with E-state index in [1.54, 1.807) is 0 Å². The zero-order valence-corrected chi connectivity index (χ0v) is 9.26. The summed E-state index contributed by atoms with van der Waals surface area (Å²) in [7, 11) is 2.21. The van der Waals surface area contributed by atoms with Gasteiger partial charge in [0.25, 0.3) is 0 Å². The summed E-state index contributed by atoms with van der Waals surface area (Å²) in [6, 6.07) is 6.75. The Kier molecular flexibility index (Phi) is 3.51. The van der Waals surface area contributed by atoms with Crippen molar-refractivity contribution in [1.82, 2.24) is 9.88 Å². The Morgan fingerprint density at radius 2 is 2.47 bits per heavy atom. The van der Waals surface area contributed by atoms with E-state index in [0.29, 0.717) is 0 Å². The normalized spacial score (nSPS) is 22.6. The first-order chi connectivity index (χ1) is 7.36. The lowest BCUT2D eigenvalue weighted by Crippen LogP contribution is -2.23. The first kappa shape index (κ1) is 10.4.